The molecule has 2 aliphatic heterocycles. The molecule has 1 unspecified atom stereocenters. The highest BCUT2D eigenvalue weighted by molar-refractivity contribution is 5.85. The van der Waals surface area contributed by atoms with E-state index in [0.29, 0.717) is 12.1 Å². The maximum Gasteiger partial charge on any atom is 0.352 e. The summed E-state index contributed by atoms with van der Waals surface area (Å²) in [7, 11) is 0. The molecule has 114 valence electrons. The number of nitrogens with zero attached hydrogens (tertiary/aromatic N) is 2. The van der Waals surface area contributed by atoms with E-state index in [1.54, 1.807) is 12.1 Å². The summed E-state index contributed by atoms with van der Waals surface area (Å²) in [5, 5.41) is 12.2. The van der Waals surface area contributed by atoms with E-state index in [-0.39, 0.29) is 18.0 Å². The third-order valence-corrected chi connectivity index (χ3v) is 4.51. The Morgan fingerprint density at radius 2 is 2.10 bits per heavy atom. The molecule has 21 heavy (non-hydrogen) atoms. The van der Waals surface area contributed by atoms with E-state index in [1.807, 2.05) is 10.8 Å². The standard InChI is InChI=1S/C15H21N3O3/c19-14-4-3-11(16-14)10-17-8-5-12(6-9-17)18-7-1-2-13(18)15(20)21/h1-2,7,11-12H,3-6,8-10H2,(H,16,19)(H,20,21). The van der Waals surface area contributed by atoms with Crippen molar-refractivity contribution in [3.8, 4) is 0 Å². The number of aromatic nitrogens is 1. The van der Waals surface area contributed by atoms with Crippen LogP contribution in [0.2, 0.25) is 0 Å². The van der Waals surface area contributed by atoms with Crippen LogP contribution in [0.25, 0.3) is 0 Å². The summed E-state index contributed by atoms with van der Waals surface area (Å²) >= 11 is 0. The molecule has 1 amide bonds. The molecule has 0 aliphatic carbocycles. The maximum absolute atomic E-state index is 11.2. The number of aromatic carboxylic acids is 1. The van der Waals surface area contributed by atoms with Gasteiger partial charge in [0.1, 0.15) is 5.69 Å². The first-order chi connectivity index (χ1) is 10.1. The number of carbonyl (C=O) groups is 2. The average molecular weight is 291 g/mol. The number of carboxylic acids is 1. The number of carbonyl (C=O) groups excluding carboxylic acids is 1. The van der Waals surface area contributed by atoms with Gasteiger partial charge in [0.25, 0.3) is 0 Å². The number of rotatable bonds is 4. The largest absolute Gasteiger partial charge is 0.477 e. The Balaban J connectivity index is 1.54. The lowest BCUT2D eigenvalue weighted by molar-refractivity contribution is -0.119. The molecule has 2 saturated heterocycles. The van der Waals surface area contributed by atoms with E-state index in [1.165, 1.54) is 0 Å². The summed E-state index contributed by atoms with van der Waals surface area (Å²) in [4.78, 5) is 24.8. The molecule has 6 heteroatoms. The fraction of sp³-hybridized carbons (Fsp3) is 0.600. The van der Waals surface area contributed by atoms with Gasteiger partial charge in [-0.3, -0.25) is 4.79 Å². The lowest BCUT2D eigenvalue weighted by Gasteiger charge is -2.34. The number of amides is 1. The highest BCUT2D eigenvalue weighted by Gasteiger charge is 2.27. The minimum absolute atomic E-state index is 0.160. The van der Waals surface area contributed by atoms with E-state index in [4.69, 9.17) is 0 Å². The number of nitrogens with one attached hydrogen (secondary N) is 1. The highest BCUT2D eigenvalue weighted by atomic mass is 16.4. The Morgan fingerprint density at radius 3 is 2.71 bits per heavy atom. The van der Waals surface area contributed by atoms with Crippen LogP contribution in [0.15, 0.2) is 18.3 Å². The minimum Gasteiger partial charge on any atom is -0.477 e. The first-order valence-corrected chi connectivity index (χ1v) is 7.55. The van der Waals surface area contributed by atoms with Crippen LogP contribution in [0, 0.1) is 0 Å². The van der Waals surface area contributed by atoms with Crippen LogP contribution in [0.4, 0.5) is 0 Å². The molecule has 3 heterocycles. The Bertz CT molecular complexity index is 532. The molecule has 2 fully saturated rings. The van der Waals surface area contributed by atoms with E-state index >= 15 is 0 Å². The molecule has 0 radical (unpaired) electrons. The number of hydrogen-bond donors (Lipinski definition) is 2. The monoisotopic (exact) mass is 291 g/mol. The van der Waals surface area contributed by atoms with Crippen molar-refractivity contribution >= 4 is 11.9 Å². The zero-order valence-corrected chi connectivity index (χ0v) is 12.0. The van der Waals surface area contributed by atoms with Crippen LogP contribution >= 0.6 is 0 Å². The topological polar surface area (TPSA) is 74.6 Å². The van der Waals surface area contributed by atoms with Crippen LogP contribution in [-0.4, -0.2) is 52.1 Å². The average Bonchev–Trinajstić information content (AvgIpc) is 3.09. The molecule has 1 aromatic rings. The van der Waals surface area contributed by atoms with E-state index in [0.717, 1.165) is 38.9 Å². The SMILES string of the molecule is O=C1CCC(CN2CCC(n3cccc3C(=O)O)CC2)N1. The van der Waals surface area contributed by atoms with Gasteiger partial charge in [0.2, 0.25) is 5.91 Å². The number of hydrogen-bond acceptors (Lipinski definition) is 3. The molecule has 6 nitrogen and oxygen atoms in total. The lowest BCUT2D eigenvalue weighted by Crippen LogP contribution is -2.43. The third kappa shape index (κ3) is 3.10. The van der Waals surface area contributed by atoms with Gasteiger partial charge in [-0.1, -0.05) is 0 Å². The van der Waals surface area contributed by atoms with E-state index < -0.39 is 5.97 Å². The first kappa shape index (κ1) is 14.1. The summed E-state index contributed by atoms with van der Waals surface area (Å²) in [6.07, 6.45) is 5.35. The van der Waals surface area contributed by atoms with Crippen LogP contribution in [0.5, 0.6) is 0 Å². The van der Waals surface area contributed by atoms with E-state index in [2.05, 4.69) is 10.2 Å². The summed E-state index contributed by atoms with van der Waals surface area (Å²) in [6, 6.07) is 4.00. The maximum atomic E-state index is 11.2. The predicted molar refractivity (Wildman–Crippen MR) is 77.3 cm³/mol. The van der Waals surface area contributed by atoms with Gasteiger partial charge in [0.15, 0.2) is 0 Å². The van der Waals surface area contributed by atoms with Gasteiger partial charge in [-0.25, -0.2) is 4.79 Å². The number of carboxylic acid groups (broad SMARTS) is 1. The number of likely N-dealkylation sites (tertiary alicyclic amines) is 1. The normalized spacial score (nSPS) is 24.2. The van der Waals surface area contributed by atoms with Crippen molar-refractivity contribution in [2.75, 3.05) is 19.6 Å². The quantitative estimate of drug-likeness (QED) is 0.871. The zero-order valence-electron chi connectivity index (χ0n) is 12.0. The van der Waals surface area contributed by atoms with Crippen molar-refractivity contribution in [1.82, 2.24) is 14.8 Å². The molecular formula is C15H21N3O3. The van der Waals surface area contributed by atoms with Gasteiger partial charge < -0.3 is 19.9 Å². The second kappa shape index (κ2) is 5.89. The second-order valence-corrected chi connectivity index (χ2v) is 5.94. The van der Waals surface area contributed by atoms with Crippen LogP contribution in [-0.2, 0) is 4.79 Å². The van der Waals surface area contributed by atoms with Gasteiger partial charge in [0, 0.05) is 44.3 Å². The molecule has 1 atom stereocenters. The smallest absolute Gasteiger partial charge is 0.352 e. The third-order valence-electron chi connectivity index (χ3n) is 4.51. The zero-order chi connectivity index (χ0) is 14.8. The summed E-state index contributed by atoms with van der Waals surface area (Å²) in [5.41, 5.74) is 0.372. The van der Waals surface area contributed by atoms with Gasteiger partial charge >= 0.3 is 5.97 Å². The fourth-order valence-corrected chi connectivity index (χ4v) is 3.40. The molecule has 2 aliphatic rings. The van der Waals surface area contributed by atoms with Crippen molar-refractivity contribution in [2.45, 2.75) is 37.8 Å². The van der Waals surface area contributed by atoms with Gasteiger partial charge in [-0.05, 0) is 31.4 Å². The molecule has 0 saturated carbocycles. The van der Waals surface area contributed by atoms with Crippen molar-refractivity contribution in [2.24, 2.45) is 0 Å². The van der Waals surface area contributed by atoms with Crippen LogP contribution < -0.4 is 5.32 Å². The summed E-state index contributed by atoms with van der Waals surface area (Å²) in [6.45, 7) is 2.82. The fourth-order valence-electron chi connectivity index (χ4n) is 3.40. The van der Waals surface area contributed by atoms with Crippen molar-refractivity contribution < 1.29 is 14.7 Å². The summed E-state index contributed by atoms with van der Waals surface area (Å²) in [5.74, 6) is -0.704. The second-order valence-electron chi connectivity index (χ2n) is 5.94. The van der Waals surface area contributed by atoms with Crippen molar-refractivity contribution in [3.05, 3.63) is 24.0 Å². The molecule has 1 aromatic heterocycles. The predicted octanol–water partition coefficient (Wildman–Crippen LogP) is 1.10. The van der Waals surface area contributed by atoms with Crippen molar-refractivity contribution in [1.29, 1.82) is 0 Å². The van der Waals surface area contributed by atoms with Crippen LogP contribution in [0.1, 0.15) is 42.2 Å². The highest BCUT2D eigenvalue weighted by Crippen LogP contribution is 2.25. The molecule has 0 aromatic carbocycles. The van der Waals surface area contributed by atoms with Crippen molar-refractivity contribution in [3.63, 3.8) is 0 Å². The molecule has 0 spiro atoms. The number of piperidine rings is 1. The molecule has 2 N–H and O–H groups in total. The van der Waals surface area contributed by atoms with Crippen LogP contribution in [0.3, 0.4) is 0 Å². The van der Waals surface area contributed by atoms with Gasteiger partial charge in [0.05, 0.1) is 0 Å². The lowest BCUT2D eigenvalue weighted by atomic mass is 10.0. The minimum atomic E-state index is -0.865. The van der Waals surface area contributed by atoms with Gasteiger partial charge in [-0.2, -0.15) is 0 Å². The van der Waals surface area contributed by atoms with Gasteiger partial charge in [-0.15, -0.1) is 0 Å². The Labute approximate surface area is 123 Å². The molecular weight excluding hydrogens is 270 g/mol. The Kier molecular flexibility index (Phi) is 3.96. The molecule has 3 rings (SSSR count). The Morgan fingerprint density at radius 1 is 1.33 bits per heavy atom. The molecule has 0 bridgehead atoms. The first-order valence-electron chi connectivity index (χ1n) is 7.55. The Hall–Kier alpha value is -1.82. The summed E-state index contributed by atoms with van der Waals surface area (Å²) < 4.78 is 1.89. The van der Waals surface area contributed by atoms with E-state index in [9.17, 15) is 14.7 Å².